The summed E-state index contributed by atoms with van der Waals surface area (Å²) in [6.07, 6.45) is -1.01. The number of fused-ring (bicyclic) bond motifs is 1. The average molecular weight is 369 g/mol. The first kappa shape index (κ1) is 18.9. The Morgan fingerprint density at radius 2 is 1.89 bits per heavy atom. The largest absolute Gasteiger partial charge is 0.496 e. The Kier molecular flexibility index (Phi) is 4.93. The Hall–Kier alpha value is -2.86. The maximum atomic E-state index is 12.9. The number of nitrogens with one attached hydrogen (secondary N) is 1. The second-order valence-corrected chi connectivity index (χ2v) is 7.11. The van der Waals surface area contributed by atoms with E-state index in [9.17, 15) is 14.7 Å². The molecule has 2 N–H and O–H groups in total. The number of para-hydroxylation sites is 1. The molecule has 2 aromatic carbocycles. The number of carbonyl (C=O) groups excluding carboxylic acids is 2. The van der Waals surface area contributed by atoms with Crippen LogP contribution in [0.15, 0.2) is 42.5 Å². The molecule has 0 aliphatic carbocycles. The van der Waals surface area contributed by atoms with E-state index in [1.807, 2.05) is 0 Å². The van der Waals surface area contributed by atoms with Gasteiger partial charge in [-0.3, -0.25) is 9.59 Å². The maximum absolute atomic E-state index is 12.9. The molecule has 2 unspecified atom stereocenters. The highest BCUT2D eigenvalue weighted by Crippen LogP contribution is 2.40. The number of aliphatic hydroxyl groups excluding tert-OH is 1. The van der Waals surface area contributed by atoms with Gasteiger partial charge in [-0.15, -0.1) is 0 Å². The van der Waals surface area contributed by atoms with E-state index < -0.39 is 17.7 Å². The van der Waals surface area contributed by atoms with Gasteiger partial charge in [-0.25, -0.2) is 0 Å². The number of Topliss-reactive ketones (excluding diaryl/α,β-unsaturated/α-hetero) is 1. The second kappa shape index (κ2) is 7.04. The molecule has 1 aliphatic rings. The van der Waals surface area contributed by atoms with Crippen molar-refractivity contribution in [3.05, 3.63) is 59.2 Å². The average Bonchev–Trinajstić information content (AvgIpc) is 2.64. The van der Waals surface area contributed by atoms with Crippen LogP contribution < -0.4 is 14.8 Å². The third-order valence-corrected chi connectivity index (χ3v) is 4.79. The fourth-order valence-electron chi connectivity index (χ4n) is 3.23. The smallest absolute Gasteiger partial charge is 0.255 e. The summed E-state index contributed by atoms with van der Waals surface area (Å²) >= 11 is 0. The summed E-state index contributed by atoms with van der Waals surface area (Å²) in [5, 5.41) is 13.7. The van der Waals surface area contributed by atoms with Crippen LogP contribution in [0.4, 0.5) is 0 Å². The molecule has 3 rings (SSSR count). The highest BCUT2D eigenvalue weighted by molar-refractivity contribution is 5.97. The van der Waals surface area contributed by atoms with Crippen LogP contribution in [0.25, 0.3) is 0 Å². The zero-order chi connectivity index (χ0) is 19.8. The number of amides is 1. The van der Waals surface area contributed by atoms with Crippen molar-refractivity contribution in [1.82, 2.24) is 5.32 Å². The molecule has 2 atom stereocenters. The van der Waals surface area contributed by atoms with E-state index in [0.717, 1.165) is 0 Å². The molecule has 0 saturated carbocycles. The van der Waals surface area contributed by atoms with Crippen LogP contribution in [0, 0.1) is 0 Å². The van der Waals surface area contributed by atoms with Gasteiger partial charge in [0.05, 0.1) is 18.7 Å². The van der Waals surface area contributed by atoms with Gasteiger partial charge < -0.3 is 19.9 Å². The summed E-state index contributed by atoms with van der Waals surface area (Å²) in [4.78, 5) is 24.6. The molecule has 0 radical (unpaired) electrons. The van der Waals surface area contributed by atoms with Crippen LogP contribution in [-0.2, 0) is 0 Å². The Balaban J connectivity index is 2.02. The summed E-state index contributed by atoms with van der Waals surface area (Å²) in [6.45, 7) is 4.97. The fourth-order valence-corrected chi connectivity index (χ4v) is 3.23. The SMILES string of the molecule is COc1ccccc1C(=O)NC1c2cc(C(C)=O)ccc2OC(C)(C)C1O. The number of carbonyl (C=O) groups is 2. The molecule has 0 fully saturated rings. The fraction of sp³-hybridized carbons (Fsp3) is 0.333. The van der Waals surface area contributed by atoms with Crippen molar-refractivity contribution < 1.29 is 24.2 Å². The summed E-state index contributed by atoms with van der Waals surface area (Å²) in [5.41, 5.74) is 0.503. The number of ketones is 1. The third kappa shape index (κ3) is 3.53. The van der Waals surface area contributed by atoms with Gasteiger partial charge in [-0.05, 0) is 51.1 Å². The molecule has 2 aromatic rings. The van der Waals surface area contributed by atoms with Crippen molar-refractivity contribution in [3.63, 3.8) is 0 Å². The van der Waals surface area contributed by atoms with Gasteiger partial charge in [0.25, 0.3) is 5.91 Å². The van der Waals surface area contributed by atoms with Gasteiger partial charge in [-0.1, -0.05) is 12.1 Å². The third-order valence-electron chi connectivity index (χ3n) is 4.79. The predicted octanol–water partition coefficient (Wildman–Crippen LogP) is 2.90. The number of hydrogen-bond acceptors (Lipinski definition) is 5. The van der Waals surface area contributed by atoms with E-state index in [-0.39, 0.29) is 11.7 Å². The van der Waals surface area contributed by atoms with Gasteiger partial charge in [-0.2, -0.15) is 0 Å². The van der Waals surface area contributed by atoms with E-state index in [0.29, 0.717) is 28.2 Å². The minimum Gasteiger partial charge on any atom is -0.496 e. The Bertz CT molecular complexity index is 890. The van der Waals surface area contributed by atoms with E-state index in [1.54, 1.807) is 56.3 Å². The van der Waals surface area contributed by atoms with E-state index >= 15 is 0 Å². The highest BCUT2D eigenvalue weighted by atomic mass is 16.5. The van der Waals surface area contributed by atoms with Gasteiger partial charge >= 0.3 is 0 Å². The molecule has 142 valence electrons. The zero-order valence-corrected chi connectivity index (χ0v) is 15.8. The Labute approximate surface area is 158 Å². The molecule has 6 nitrogen and oxygen atoms in total. The van der Waals surface area contributed by atoms with Crippen molar-refractivity contribution in [3.8, 4) is 11.5 Å². The summed E-state index contributed by atoms with van der Waals surface area (Å²) < 4.78 is 11.1. The predicted molar refractivity (Wildman–Crippen MR) is 100 cm³/mol. The van der Waals surface area contributed by atoms with Crippen molar-refractivity contribution in [2.45, 2.75) is 38.5 Å². The van der Waals surface area contributed by atoms with Crippen molar-refractivity contribution >= 4 is 11.7 Å². The minimum atomic E-state index is -1.01. The topological polar surface area (TPSA) is 84.9 Å². The van der Waals surface area contributed by atoms with E-state index in [4.69, 9.17) is 9.47 Å². The molecule has 0 bridgehead atoms. The molecule has 0 aromatic heterocycles. The lowest BCUT2D eigenvalue weighted by molar-refractivity contribution is -0.0627. The first-order valence-electron chi connectivity index (χ1n) is 8.70. The van der Waals surface area contributed by atoms with Crippen LogP contribution in [0.1, 0.15) is 53.1 Å². The number of benzene rings is 2. The molecular formula is C21H23NO5. The molecule has 1 heterocycles. The number of rotatable bonds is 4. The Morgan fingerprint density at radius 3 is 2.56 bits per heavy atom. The summed E-state index contributed by atoms with van der Waals surface area (Å²) in [5.74, 6) is 0.481. The molecule has 6 heteroatoms. The minimum absolute atomic E-state index is 0.105. The second-order valence-electron chi connectivity index (χ2n) is 7.11. The maximum Gasteiger partial charge on any atom is 0.255 e. The lowest BCUT2D eigenvalue weighted by atomic mass is 9.85. The summed E-state index contributed by atoms with van der Waals surface area (Å²) in [6, 6.07) is 11.2. The Morgan fingerprint density at radius 1 is 1.19 bits per heavy atom. The monoisotopic (exact) mass is 369 g/mol. The molecule has 1 aliphatic heterocycles. The van der Waals surface area contributed by atoms with E-state index in [1.165, 1.54) is 14.0 Å². The van der Waals surface area contributed by atoms with Crippen molar-refractivity contribution in [1.29, 1.82) is 0 Å². The first-order valence-corrected chi connectivity index (χ1v) is 8.70. The molecule has 0 saturated heterocycles. The lowest BCUT2D eigenvalue weighted by Crippen LogP contribution is -2.53. The van der Waals surface area contributed by atoms with Gasteiger partial charge in [0, 0.05) is 11.1 Å². The summed E-state index contributed by atoms with van der Waals surface area (Å²) in [7, 11) is 1.49. The van der Waals surface area contributed by atoms with Gasteiger partial charge in [0.1, 0.15) is 23.2 Å². The van der Waals surface area contributed by atoms with Crippen LogP contribution in [0.2, 0.25) is 0 Å². The van der Waals surface area contributed by atoms with Crippen LogP contribution in [-0.4, -0.2) is 35.6 Å². The first-order chi connectivity index (χ1) is 12.7. The molecule has 1 amide bonds. The highest BCUT2D eigenvalue weighted by Gasteiger charge is 2.44. The number of hydrogen-bond donors (Lipinski definition) is 2. The number of aliphatic hydroxyl groups is 1. The molecule has 0 spiro atoms. The van der Waals surface area contributed by atoms with Crippen LogP contribution in [0.5, 0.6) is 11.5 Å². The van der Waals surface area contributed by atoms with Crippen molar-refractivity contribution in [2.24, 2.45) is 0 Å². The quantitative estimate of drug-likeness (QED) is 0.810. The standard InChI is InChI=1S/C21H23NO5/c1-12(23)13-9-10-17-15(11-13)18(19(24)21(2,3)27-17)22-20(25)14-7-5-6-8-16(14)26-4/h5-11,18-19,24H,1-4H3,(H,22,25). The van der Waals surface area contributed by atoms with Crippen LogP contribution >= 0.6 is 0 Å². The zero-order valence-electron chi connectivity index (χ0n) is 15.8. The van der Waals surface area contributed by atoms with Crippen LogP contribution in [0.3, 0.4) is 0 Å². The van der Waals surface area contributed by atoms with Gasteiger partial charge in [0.15, 0.2) is 5.78 Å². The number of ether oxygens (including phenoxy) is 2. The van der Waals surface area contributed by atoms with Crippen molar-refractivity contribution in [2.75, 3.05) is 7.11 Å². The molecular weight excluding hydrogens is 346 g/mol. The number of methoxy groups -OCH3 is 1. The lowest BCUT2D eigenvalue weighted by Gasteiger charge is -2.42. The van der Waals surface area contributed by atoms with E-state index in [2.05, 4.69) is 5.32 Å². The molecule has 27 heavy (non-hydrogen) atoms. The van der Waals surface area contributed by atoms with Gasteiger partial charge in [0.2, 0.25) is 0 Å². The normalized spacial score (nSPS) is 20.2.